The van der Waals surface area contributed by atoms with Gasteiger partial charge in [0.2, 0.25) is 22.1 Å². The molecule has 7 rings (SSSR count). The van der Waals surface area contributed by atoms with E-state index in [1.165, 1.54) is 45.8 Å². The van der Waals surface area contributed by atoms with E-state index in [2.05, 4.69) is 87.9 Å². The van der Waals surface area contributed by atoms with Gasteiger partial charge in [0.05, 0.1) is 11.5 Å². The highest BCUT2D eigenvalue weighted by atomic mass is 32.2. The number of amides is 2. The van der Waals surface area contributed by atoms with Crippen molar-refractivity contribution >= 4 is 46.9 Å². The molecular formula is C39H44N10O2S2. The molecule has 0 unspecified atom stereocenters. The Morgan fingerprint density at radius 2 is 1.11 bits per heavy atom. The number of fused-ring (bicyclic) bond motifs is 2. The van der Waals surface area contributed by atoms with Crippen molar-refractivity contribution in [1.82, 2.24) is 49.4 Å². The van der Waals surface area contributed by atoms with Crippen molar-refractivity contribution in [2.75, 3.05) is 24.6 Å². The number of hydrogen-bond acceptors (Lipinski definition) is 10. The van der Waals surface area contributed by atoms with Crippen molar-refractivity contribution in [3.05, 3.63) is 105 Å². The normalized spacial score (nSPS) is 13.7. The maximum absolute atomic E-state index is 13.1. The van der Waals surface area contributed by atoms with Gasteiger partial charge in [0.1, 0.15) is 0 Å². The lowest BCUT2D eigenvalue weighted by atomic mass is 10.0. The first-order valence-electron chi connectivity index (χ1n) is 17.9. The van der Waals surface area contributed by atoms with E-state index in [-0.39, 0.29) is 29.4 Å². The number of benzene rings is 2. The lowest BCUT2D eigenvalue weighted by Gasteiger charge is -2.32. The van der Waals surface area contributed by atoms with E-state index >= 15 is 0 Å². The third-order valence-corrected chi connectivity index (χ3v) is 11.6. The van der Waals surface area contributed by atoms with E-state index in [0.717, 1.165) is 46.7 Å². The zero-order valence-corrected chi connectivity index (χ0v) is 32.6. The van der Waals surface area contributed by atoms with Crippen LogP contribution in [-0.4, -0.2) is 86.5 Å². The molecule has 1 saturated heterocycles. The largest absolute Gasteiger partial charge is 0.353 e. The van der Waals surface area contributed by atoms with Gasteiger partial charge in [-0.3, -0.25) is 9.59 Å². The quantitative estimate of drug-likeness (QED) is 0.167. The number of aryl methyl sites for hydroxylation is 6. The topological polar surface area (TPSA) is 136 Å². The second kappa shape index (κ2) is 15.7. The Bertz CT molecular complexity index is 2290. The highest BCUT2D eigenvalue weighted by molar-refractivity contribution is 8.00. The van der Waals surface area contributed by atoms with Crippen molar-refractivity contribution in [2.45, 2.75) is 83.6 Å². The minimum atomic E-state index is -0.0748. The molecule has 274 valence electrons. The highest BCUT2D eigenvalue weighted by Gasteiger charge is 2.25. The predicted octanol–water partition coefficient (Wildman–Crippen LogP) is 5.59. The fourth-order valence-corrected chi connectivity index (χ4v) is 8.07. The van der Waals surface area contributed by atoms with Gasteiger partial charge in [-0.2, -0.15) is 9.97 Å². The maximum atomic E-state index is 13.1. The Morgan fingerprint density at radius 1 is 0.660 bits per heavy atom. The van der Waals surface area contributed by atoms with E-state index in [4.69, 9.17) is 9.97 Å². The minimum absolute atomic E-state index is 0.0104. The molecule has 5 heterocycles. The van der Waals surface area contributed by atoms with Crippen LogP contribution in [0, 0.1) is 41.5 Å². The molecule has 14 heteroatoms. The SMILES string of the molecule is Cc1ccc(Cc2c(C)nc3nc(SCC(=O)NC4CCN(C(=O)CSc5nc6nc(C)c(Cc7ccc(C)cc7)c(C)n6n5)CC4)nn3c2C)cc1. The molecule has 6 aromatic rings. The molecule has 0 saturated carbocycles. The van der Waals surface area contributed by atoms with Crippen LogP contribution in [-0.2, 0) is 22.4 Å². The Hall–Kier alpha value is -4.82. The number of likely N-dealkylation sites (tertiary alicyclic amines) is 1. The smallest absolute Gasteiger partial charge is 0.253 e. The molecule has 1 aliphatic rings. The van der Waals surface area contributed by atoms with Gasteiger partial charge in [-0.05, 0) is 76.6 Å². The van der Waals surface area contributed by atoms with Crippen molar-refractivity contribution in [3.63, 3.8) is 0 Å². The molecule has 1 fully saturated rings. The fraction of sp³-hybridized carbons (Fsp3) is 0.385. The average Bonchev–Trinajstić information content (AvgIpc) is 3.76. The summed E-state index contributed by atoms with van der Waals surface area (Å²) in [7, 11) is 0. The average molecular weight is 749 g/mol. The van der Waals surface area contributed by atoms with Gasteiger partial charge in [0.25, 0.3) is 11.6 Å². The molecule has 12 nitrogen and oxygen atoms in total. The molecular weight excluding hydrogens is 705 g/mol. The van der Waals surface area contributed by atoms with E-state index < -0.39 is 0 Å². The number of nitrogens with one attached hydrogen (secondary N) is 1. The molecule has 4 aromatic heterocycles. The molecule has 0 radical (unpaired) electrons. The lowest BCUT2D eigenvalue weighted by Crippen LogP contribution is -2.47. The Morgan fingerprint density at radius 3 is 1.58 bits per heavy atom. The summed E-state index contributed by atoms with van der Waals surface area (Å²) in [6, 6.07) is 17.1. The first-order chi connectivity index (χ1) is 25.5. The fourth-order valence-electron chi connectivity index (χ4n) is 6.72. The van der Waals surface area contributed by atoms with E-state index in [9.17, 15) is 9.59 Å². The number of rotatable bonds is 11. The second-order valence-corrected chi connectivity index (χ2v) is 15.7. The number of hydrogen-bond donors (Lipinski definition) is 1. The Kier molecular flexibility index (Phi) is 10.8. The Balaban J connectivity index is 0.876. The van der Waals surface area contributed by atoms with Gasteiger partial charge in [-0.25, -0.2) is 19.0 Å². The van der Waals surface area contributed by atoms with Gasteiger partial charge >= 0.3 is 0 Å². The molecule has 0 aliphatic carbocycles. The zero-order valence-electron chi connectivity index (χ0n) is 31.0. The van der Waals surface area contributed by atoms with Crippen molar-refractivity contribution < 1.29 is 9.59 Å². The number of nitrogens with zero attached hydrogens (tertiary/aromatic N) is 9. The summed E-state index contributed by atoms with van der Waals surface area (Å²) in [5, 5.41) is 13.5. The first-order valence-corrected chi connectivity index (χ1v) is 19.9. The number of aromatic nitrogens is 8. The van der Waals surface area contributed by atoms with Crippen LogP contribution in [0.3, 0.4) is 0 Å². The van der Waals surface area contributed by atoms with Gasteiger partial charge in [-0.1, -0.05) is 83.2 Å². The summed E-state index contributed by atoms with van der Waals surface area (Å²) in [6.45, 7) is 13.4. The summed E-state index contributed by atoms with van der Waals surface area (Å²) in [6.07, 6.45) is 2.93. The third kappa shape index (κ3) is 8.38. The van der Waals surface area contributed by atoms with E-state index in [1.807, 2.05) is 32.6 Å². The van der Waals surface area contributed by atoms with Crippen molar-refractivity contribution in [2.24, 2.45) is 0 Å². The summed E-state index contributed by atoms with van der Waals surface area (Å²) >= 11 is 2.63. The number of carbonyl (C=O) groups excluding carboxylic acids is 2. The van der Waals surface area contributed by atoms with E-state index in [1.54, 1.807) is 9.03 Å². The van der Waals surface area contributed by atoms with Crippen molar-refractivity contribution in [3.8, 4) is 0 Å². The summed E-state index contributed by atoms with van der Waals surface area (Å²) in [5.74, 6) is 1.48. The van der Waals surface area contributed by atoms with Crippen LogP contribution in [0.25, 0.3) is 11.6 Å². The lowest BCUT2D eigenvalue weighted by molar-refractivity contribution is -0.129. The molecule has 0 spiro atoms. The van der Waals surface area contributed by atoms with Gasteiger partial charge in [0, 0.05) is 54.7 Å². The van der Waals surface area contributed by atoms with Crippen LogP contribution < -0.4 is 5.32 Å². The minimum Gasteiger partial charge on any atom is -0.353 e. The molecule has 1 aliphatic heterocycles. The van der Waals surface area contributed by atoms with Crippen LogP contribution in [0.5, 0.6) is 0 Å². The molecule has 0 bridgehead atoms. The summed E-state index contributed by atoms with van der Waals surface area (Å²) in [4.78, 5) is 46.5. The summed E-state index contributed by atoms with van der Waals surface area (Å²) < 4.78 is 3.55. The molecule has 0 atom stereocenters. The Labute approximate surface area is 317 Å². The van der Waals surface area contributed by atoms with Crippen LogP contribution in [0.2, 0.25) is 0 Å². The molecule has 53 heavy (non-hydrogen) atoms. The monoisotopic (exact) mass is 748 g/mol. The van der Waals surface area contributed by atoms with Gasteiger partial charge in [0.15, 0.2) is 0 Å². The standard InChI is InChI=1S/C39H44N10O2S2/c1-23-7-11-29(12-8-23)19-32-25(3)40-36-43-38(45-48(36)27(32)5)52-21-34(50)42-31-15-17-47(18-16-31)35(51)22-53-39-44-37-41-26(4)33(28(6)49(37)46-39)20-30-13-9-24(2)10-14-30/h7-14,31H,15-22H2,1-6H3,(H,42,50). The van der Waals surface area contributed by atoms with Crippen LogP contribution in [0.4, 0.5) is 0 Å². The number of carbonyl (C=O) groups is 2. The van der Waals surface area contributed by atoms with Crippen LogP contribution >= 0.6 is 23.5 Å². The predicted molar refractivity (Wildman–Crippen MR) is 208 cm³/mol. The zero-order chi connectivity index (χ0) is 37.2. The van der Waals surface area contributed by atoms with Crippen LogP contribution in [0.15, 0.2) is 58.8 Å². The number of thioether (sulfide) groups is 2. The summed E-state index contributed by atoms with van der Waals surface area (Å²) in [5.41, 5.74) is 11.0. The molecule has 1 N–H and O–H groups in total. The van der Waals surface area contributed by atoms with E-state index in [0.29, 0.717) is 47.8 Å². The number of piperidine rings is 1. The highest BCUT2D eigenvalue weighted by Crippen LogP contribution is 2.24. The maximum Gasteiger partial charge on any atom is 0.253 e. The van der Waals surface area contributed by atoms with Gasteiger partial charge < -0.3 is 10.2 Å². The molecule has 2 amide bonds. The second-order valence-electron chi connectivity index (χ2n) is 13.9. The van der Waals surface area contributed by atoms with Gasteiger partial charge in [-0.15, -0.1) is 10.2 Å². The molecule has 2 aromatic carbocycles. The first kappa shape index (κ1) is 36.5. The van der Waals surface area contributed by atoms with Crippen molar-refractivity contribution in [1.29, 1.82) is 0 Å². The van der Waals surface area contributed by atoms with Crippen LogP contribution in [0.1, 0.15) is 69.0 Å². The third-order valence-electron chi connectivity index (χ3n) is 9.93.